The van der Waals surface area contributed by atoms with Crippen molar-refractivity contribution in [2.24, 2.45) is 0 Å². The lowest BCUT2D eigenvalue weighted by molar-refractivity contribution is -0.113. The fourth-order valence-electron chi connectivity index (χ4n) is 0.742. The van der Waals surface area contributed by atoms with Crippen LogP contribution in [0.1, 0.15) is 27.7 Å². The fraction of sp³-hybridized carbons (Fsp3) is 0.625. The second-order valence-electron chi connectivity index (χ2n) is 2.32. The second-order valence-corrected chi connectivity index (χ2v) is 3.59. The molecule has 0 N–H and O–H groups in total. The van der Waals surface area contributed by atoms with Crippen molar-refractivity contribution in [3.63, 3.8) is 0 Å². The highest BCUT2D eigenvalue weighted by atomic mass is 32.2. The third kappa shape index (κ3) is 3.06. The predicted molar refractivity (Wildman–Crippen MR) is 47.2 cm³/mol. The minimum absolute atomic E-state index is 0.187. The zero-order valence-corrected chi connectivity index (χ0v) is 7.84. The molecular weight excluding hydrogens is 144 g/mol. The zero-order chi connectivity index (χ0) is 8.15. The van der Waals surface area contributed by atoms with E-state index in [2.05, 4.69) is 6.92 Å². The van der Waals surface area contributed by atoms with Crippen LogP contribution in [0.15, 0.2) is 10.5 Å². The lowest BCUT2D eigenvalue weighted by Gasteiger charge is -2.01. The van der Waals surface area contributed by atoms with Crippen molar-refractivity contribution in [1.82, 2.24) is 0 Å². The van der Waals surface area contributed by atoms with Gasteiger partial charge >= 0.3 is 0 Å². The predicted octanol–water partition coefficient (Wildman–Crippen LogP) is 2.62. The molecule has 0 fully saturated rings. The number of hydrogen-bond donors (Lipinski definition) is 0. The molecule has 0 aliphatic rings. The number of Topliss-reactive ketones (excluding diaryl/α,β-unsaturated/α-hetero) is 1. The fourth-order valence-corrected chi connectivity index (χ4v) is 1.52. The van der Waals surface area contributed by atoms with Crippen LogP contribution in [0.3, 0.4) is 0 Å². The summed E-state index contributed by atoms with van der Waals surface area (Å²) in [6, 6.07) is 0. The molecule has 0 rings (SSSR count). The third-order valence-electron chi connectivity index (χ3n) is 1.06. The van der Waals surface area contributed by atoms with Crippen LogP contribution >= 0.6 is 11.8 Å². The summed E-state index contributed by atoms with van der Waals surface area (Å²) in [5, 5.41) is 0. The van der Waals surface area contributed by atoms with Crippen LogP contribution in [0.4, 0.5) is 0 Å². The monoisotopic (exact) mass is 158 g/mol. The lowest BCUT2D eigenvalue weighted by Crippen LogP contribution is -1.94. The molecule has 0 aromatic heterocycles. The van der Waals surface area contributed by atoms with E-state index < -0.39 is 0 Å². The molecule has 0 amide bonds. The molecule has 58 valence electrons. The molecule has 1 nitrogen and oxygen atoms in total. The van der Waals surface area contributed by atoms with Crippen LogP contribution in [0, 0.1) is 0 Å². The van der Waals surface area contributed by atoms with Gasteiger partial charge in [-0.3, -0.25) is 4.79 Å². The molecule has 0 bridgehead atoms. The Morgan fingerprint density at radius 2 is 1.80 bits per heavy atom. The quantitative estimate of drug-likeness (QED) is 0.587. The Labute approximate surface area is 66.9 Å². The first kappa shape index (κ1) is 9.76. The van der Waals surface area contributed by atoms with Gasteiger partial charge in [0.2, 0.25) is 0 Å². The summed E-state index contributed by atoms with van der Waals surface area (Å²) in [6.07, 6.45) is 0. The number of hydrogen-bond acceptors (Lipinski definition) is 2. The number of ketones is 1. The van der Waals surface area contributed by atoms with Crippen molar-refractivity contribution in [3.8, 4) is 0 Å². The highest BCUT2D eigenvalue weighted by Gasteiger charge is 2.03. The van der Waals surface area contributed by atoms with E-state index in [1.165, 1.54) is 0 Å². The van der Waals surface area contributed by atoms with Gasteiger partial charge in [0.05, 0.1) is 0 Å². The molecule has 0 aliphatic carbocycles. The molecule has 0 aromatic rings. The Balaban J connectivity index is 4.28. The van der Waals surface area contributed by atoms with Crippen LogP contribution in [-0.4, -0.2) is 11.5 Å². The van der Waals surface area contributed by atoms with E-state index in [0.717, 1.165) is 16.2 Å². The average Bonchev–Trinajstić information content (AvgIpc) is 1.81. The highest BCUT2D eigenvalue weighted by Crippen LogP contribution is 2.19. The number of carbonyl (C=O) groups is 1. The van der Waals surface area contributed by atoms with E-state index in [1.807, 2.05) is 13.8 Å². The summed E-state index contributed by atoms with van der Waals surface area (Å²) >= 11 is 1.62. The summed E-state index contributed by atoms with van der Waals surface area (Å²) in [5.74, 6) is 1.16. The van der Waals surface area contributed by atoms with Crippen molar-refractivity contribution in [2.75, 3.05) is 5.75 Å². The van der Waals surface area contributed by atoms with Gasteiger partial charge in [-0.2, -0.15) is 0 Å². The molecule has 0 saturated heterocycles. The maximum atomic E-state index is 10.9. The van der Waals surface area contributed by atoms with Gasteiger partial charge in [0.1, 0.15) is 0 Å². The number of rotatable bonds is 3. The second kappa shape index (κ2) is 4.56. The number of carbonyl (C=O) groups excluding carboxylic acids is 1. The van der Waals surface area contributed by atoms with E-state index in [1.54, 1.807) is 18.7 Å². The van der Waals surface area contributed by atoms with E-state index in [9.17, 15) is 4.79 Å². The lowest BCUT2D eigenvalue weighted by atomic mass is 10.3. The molecule has 0 atom stereocenters. The maximum absolute atomic E-state index is 10.9. The summed E-state index contributed by atoms with van der Waals surface area (Å²) < 4.78 is 0. The smallest absolute Gasteiger partial charge is 0.166 e. The maximum Gasteiger partial charge on any atom is 0.166 e. The van der Waals surface area contributed by atoms with E-state index in [-0.39, 0.29) is 5.78 Å². The molecule has 0 heterocycles. The number of thioether (sulfide) groups is 1. The van der Waals surface area contributed by atoms with Crippen LogP contribution in [0.2, 0.25) is 0 Å². The summed E-state index contributed by atoms with van der Waals surface area (Å²) in [6.45, 7) is 7.61. The standard InChI is InChI=1S/C8H14OS/c1-5-10-8(6(2)3)7(4)9/h5H2,1-4H3. The molecule has 0 unspecified atom stereocenters. The molecule has 0 spiro atoms. The summed E-state index contributed by atoms with van der Waals surface area (Å²) in [7, 11) is 0. The van der Waals surface area contributed by atoms with Crippen molar-refractivity contribution < 1.29 is 4.79 Å². The molecule has 0 aliphatic heterocycles. The Hall–Kier alpha value is -0.240. The van der Waals surface area contributed by atoms with Gasteiger partial charge in [-0.15, -0.1) is 11.8 Å². The zero-order valence-electron chi connectivity index (χ0n) is 7.02. The summed E-state index contributed by atoms with van der Waals surface area (Å²) in [5.41, 5.74) is 1.12. The summed E-state index contributed by atoms with van der Waals surface area (Å²) in [4.78, 5) is 11.8. The van der Waals surface area contributed by atoms with Crippen molar-refractivity contribution in [3.05, 3.63) is 10.5 Å². The normalized spacial score (nSPS) is 9.20. The first-order valence-corrected chi connectivity index (χ1v) is 4.39. The molecule has 10 heavy (non-hydrogen) atoms. The molecule has 0 aromatic carbocycles. The van der Waals surface area contributed by atoms with Gasteiger partial charge in [0, 0.05) is 4.91 Å². The molecule has 0 radical (unpaired) electrons. The number of allylic oxidation sites excluding steroid dienone is 2. The van der Waals surface area contributed by atoms with Gasteiger partial charge in [-0.05, 0) is 26.5 Å². The Bertz CT molecular complexity index is 155. The minimum atomic E-state index is 0.187. The van der Waals surface area contributed by atoms with Gasteiger partial charge in [0.25, 0.3) is 0 Å². The van der Waals surface area contributed by atoms with Crippen LogP contribution < -0.4 is 0 Å². The minimum Gasteiger partial charge on any atom is -0.294 e. The van der Waals surface area contributed by atoms with Gasteiger partial charge in [-0.1, -0.05) is 12.5 Å². The SMILES string of the molecule is CCSC(C(C)=O)=C(C)C. The van der Waals surface area contributed by atoms with Crippen LogP contribution in [0.25, 0.3) is 0 Å². The van der Waals surface area contributed by atoms with Gasteiger partial charge in [-0.25, -0.2) is 0 Å². The largest absolute Gasteiger partial charge is 0.294 e. The van der Waals surface area contributed by atoms with Crippen molar-refractivity contribution in [1.29, 1.82) is 0 Å². The van der Waals surface area contributed by atoms with E-state index in [4.69, 9.17) is 0 Å². The highest BCUT2D eigenvalue weighted by molar-refractivity contribution is 8.04. The van der Waals surface area contributed by atoms with Crippen LogP contribution in [-0.2, 0) is 4.79 Å². The third-order valence-corrected chi connectivity index (χ3v) is 2.34. The molecule has 2 heteroatoms. The van der Waals surface area contributed by atoms with E-state index >= 15 is 0 Å². The average molecular weight is 158 g/mol. The first-order chi connectivity index (χ1) is 4.59. The Morgan fingerprint density at radius 3 is 1.90 bits per heavy atom. The first-order valence-electron chi connectivity index (χ1n) is 3.40. The molecule has 0 saturated carbocycles. The molecular formula is C8H14OS. The van der Waals surface area contributed by atoms with Gasteiger partial charge < -0.3 is 0 Å². The van der Waals surface area contributed by atoms with Crippen LogP contribution in [0.5, 0.6) is 0 Å². The Morgan fingerprint density at radius 1 is 1.30 bits per heavy atom. The van der Waals surface area contributed by atoms with Crippen molar-refractivity contribution >= 4 is 17.5 Å². The van der Waals surface area contributed by atoms with Gasteiger partial charge in [0.15, 0.2) is 5.78 Å². The van der Waals surface area contributed by atoms with Crippen molar-refractivity contribution in [2.45, 2.75) is 27.7 Å². The van der Waals surface area contributed by atoms with E-state index in [0.29, 0.717) is 0 Å². The Kier molecular flexibility index (Phi) is 4.45. The topological polar surface area (TPSA) is 17.1 Å².